The van der Waals surface area contributed by atoms with E-state index in [0.717, 1.165) is 12.8 Å². The molecule has 1 heteroatoms. The molecule has 0 radical (unpaired) electrons. The maximum atomic E-state index is 3.43. The molecule has 0 amide bonds. The molecule has 0 heterocycles. The van der Waals surface area contributed by atoms with Gasteiger partial charge in [0.1, 0.15) is 0 Å². The Kier molecular flexibility index (Phi) is 5.37. The van der Waals surface area contributed by atoms with Gasteiger partial charge in [0, 0.05) is 6.04 Å². The minimum Gasteiger partial charge on any atom is -0.313 e. The molecule has 0 aliphatic carbocycles. The van der Waals surface area contributed by atoms with E-state index in [9.17, 15) is 0 Å². The van der Waals surface area contributed by atoms with Crippen LogP contribution in [0.25, 0.3) is 0 Å². The fourth-order valence-corrected chi connectivity index (χ4v) is 2.59. The van der Waals surface area contributed by atoms with Crippen molar-refractivity contribution in [2.45, 2.75) is 32.7 Å². The first-order chi connectivity index (χ1) is 9.69. The molecule has 1 atom stereocenters. The van der Waals surface area contributed by atoms with E-state index in [1.54, 1.807) is 0 Å². The van der Waals surface area contributed by atoms with Gasteiger partial charge in [-0.25, -0.2) is 0 Å². The normalized spacial score (nSPS) is 12.6. The molecule has 0 fully saturated rings. The zero-order valence-corrected chi connectivity index (χ0v) is 12.8. The fourth-order valence-electron chi connectivity index (χ4n) is 2.59. The molecule has 2 aromatic rings. The Hall–Kier alpha value is -1.60. The van der Waals surface area contributed by atoms with Crippen molar-refractivity contribution in [3.63, 3.8) is 0 Å². The van der Waals surface area contributed by atoms with Crippen LogP contribution in [-0.2, 0) is 12.8 Å². The molecule has 0 aliphatic heterocycles. The van der Waals surface area contributed by atoms with Crippen molar-refractivity contribution in [3.05, 3.63) is 71.3 Å². The minimum atomic E-state index is 0.380. The highest BCUT2D eigenvalue weighted by atomic mass is 14.9. The summed E-state index contributed by atoms with van der Waals surface area (Å²) >= 11 is 0. The molecular formula is C19H25N. The number of benzene rings is 2. The Morgan fingerprint density at radius 2 is 1.40 bits per heavy atom. The molecule has 0 saturated carbocycles. The maximum Gasteiger partial charge on any atom is 0.0358 e. The summed E-state index contributed by atoms with van der Waals surface area (Å²) in [6, 6.07) is 20.1. The van der Waals surface area contributed by atoms with Gasteiger partial charge in [-0.3, -0.25) is 0 Å². The van der Waals surface area contributed by atoms with Crippen LogP contribution in [0.4, 0.5) is 0 Å². The van der Waals surface area contributed by atoms with Crippen molar-refractivity contribution in [1.29, 1.82) is 0 Å². The number of likely N-dealkylation sites (N-methyl/N-ethyl adjacent to an activating group) is 1. The summed E-state index contributed by atoms with van der Waals surface area (Å²) in [6.07, 6.45) is 2.18. The molecule has 1 nitrogen and oxygen atoms in total. The van der Waals surface area contributed by atoms with Gasteiger partial charge in [-0.15, -0.1) is 0 Å². The summed E-state index contributed by atoms with van der Waals surface area (Å²) in [5.74, 6) is 0.713. The molecule has 0 aromatic heterocycles. The van der Waals surface area contributed by atoms with Gasteiger partial charge in [-0.05, 0) is 42.5 Å². The molecule has 1 N–H and O–H groups in total. The molecule has 0 aliphatic rings. The van der Waals surface area contributed by atoms with E-state index in [-0.39, 0.29) is 0 Å². The van der Waals surface area contributed by atoms with Gasteiger partial charge in [-0.2, -0.15) is 0 Å². The van der Waals surface area contributed by atoms with Crippen LogP contribution in [0.15, 0.2) is 54.6 Å². The first kappa shape index (κ1) is 14.8. The van der Waals surface area contributed by atoms with Gasteiger partial charge < -0.3 is 5.32 Å². The van der Waals surface area contributed by atoms with Crippen LogP contribution >= 0.6 is 0 Å². The maximum absolute atomic E-state index is 3.43. The van der Waals surface area contributed by atoms with Crippen molar-refractivity contribution in [1.82, 2.24) is 5.32 Å². The van der Waals surface area contributed by atoms with E-state index in [0.29, 0.717) is 12.0 Å². The Labute approximate surface area is 123 Å². The number of rotatable bonds is 6. The third-order valence-electron chi connectivity index (χ3n) is 3.66. The van der Waals surface area contributed by atoms with E-state index in [4.69, 9.17) is 0 Å². The third kappa shape index (κ3) is 4.21. The highest BCUT2D eigenvalue weighted by Gasteiger charge is 2.10. The highest BCUT2D eigenvalue weighted by Crippen LogP contribution is 2.19. The standard InChI is InChI=1S/C19H25N/c1-15(2)13-17-9-11-18(12-10-17)19(20-3)14-16-7-5-4-6-8-16/h4-12,15,19-20H,13-14H2,1-3H3. The van der Waals surface area contributed by atoms with E-state index in [2.05, 4.69) is 73.8 Å². The van der Waals surface area contributed by atoms with Crippen molar-refractivity contribution in [2.24, 2.45) is 5.92 Å². The van der Waals surface area contributed by atoms with Gasteiger partial charge >= 0.3 is 0 Å². The van der Waals surface area contributed by atoms with Gasteiger partial charge in [-0.1, -0.05) is 68.4 Å². The summed E-state index contributed by atoms with van der Waals surface area (Å²) < 4.78 is 0. The van der Waals surface area contributed by atoms with Crippen molar-refractivity contribution < 1.29 is 0 Å². The lowest BCUT2D eigenvalue weighted by molar-refractivity contribution is 0.591. The Morgan fingerprint density at radius 1 is 0.800 bits per heavy atom. The zero-order valence-electron chi connectivity index (χ0n) is 12.8. The van der Waals surface area contributed by atoms with E-state index >= 15 is 0 Å². The van der Waals surface area contributed by atoms with Crippen LogP contribution in [0, 0.1) is 5.92 Å². The first-order valence-corrected chi connectivity index (χ1v) is 7.49. The van der Waals surface area contributed by atoms with Gasteiger partial charge in [0.25, 0.3) is 0 Å². The van der Waals surface area contributed by atoms with Crippen molar-refractivity contribution in [2.75, 3.05) is 7.05 Å². The SMILES string of the molecule is CNC(Cc1ccccc1)c1ccc(CC(C)C)cc1. The lowest BCUT2D eigenvalue weighted by Crippen LogP contribution is -2.18. The number of hydrogen-bond acceptors (Lipinski definition) is 1. The van der Waals surface area contributed by atoms with Crippen LogP contribution in [0.2, 0.25) is 0 Å². The Morgan fingerprint density at radius 3 is 1.95 bits per heavy atom. The van der Waals surface area contributed by atoms with E-state index in [1.807, 2.05) is 7.05 Å². The Balaban J connectivity index is 2.07. The Bertz CT molecular complexity index is 499. The van der Waals surface area contributed by atoms with Crippen LogP contribution in [0.1, 0.15) is 36.6 Å². The van der Waals surface area contributed by atoms with E-state index in [1.165, 1.54) is 16.7 Å². The molecule has 0 bridgehead atoms. The monoisotopic (exact) mass is 267 g/mol. The molecule has 0 spiro atoms. The van der Waals surface area contributed by atoms with Crippen molar-refractivity contribution in [3.8, 4) is 0 Å². The van der Waals surface area contributed by atoms with E-state index < -0.39 is 0 Å². The highest BCUT2D eigenvalue weighted by molar-refractivity contribution is 5.27. The zero-order chi connectivity index (χ0) is 14.4. The van der Waals surface area contributed by atoms with Crippen LogP contribution in [0.3, 0.4) is 0 Å². The smallest absolute Gasteiger partial charge is 0.0358 e. The topological polar surface area (TPSA) is 12.0 Å². The molecule has 2 rings (SSSR count). The second-order valence-electron chi connectivity index (χ2n) is 5.87. The third-order valence-corrected chi connectivity index (χ3v) is 3.66. The molecule has 20 heavy (non-hydrogen) atoms. The van der Waals surface area contributed by atoms with Crippen LogP contribution in [0.5, 0.6) is 0 Å². The van der Waals surface area contributed by atoms with Crippen LogP contribution < -0.4 is 5.32 Å². The quantitative estimate of drug-likeness (QED) is 0.818. The van der Waals surface area contributed by atoms with Gasteiger partial charge in [0.15, 0.2) is 0 Å². The first-order valence-electron chi connectivity index (χ1n) is 7.49. The molecule has 0 saturated heterocycles. The predicted molar refractivity (Wildman–Crippen MR) is 86.9 cm³/mol. The molecule has 1 unspecified atom stereocenters. The number of hydrogen-bond donors (Lipinski definition) is 1. The van der Waals surface area contributed by atoms with Crippen LogP contribution in [-0.4, -0.2) is 7.05 Å². The minimum absolute atomic E-state index is 0.380. The lowest BCUT2D eigenvalue weighted by atomic mass is 9.96. The fraction of sp³-hybridized carbons (Fsp3) is 0.368. The lowest BCUT2D eigenvalue weighted by Gasteiger charge is -2.17. The van der Waals surface area contributed by atoms with Gasteiger partial charge in [0.05, 0.1) is 0 Å². The van der Waals surface area contributed by atoms with Gasteiger partial charge in [0.2, 0.25) is 0 Å². The van der Waals surface area contributed by atoms with Crippen molar-refractivity contribution >= 4 is 0 Å². The average molecular weight is 267 g/mol. The summed E-state index contributed by atoms with van der Waals surface area (Å²) in [6.45, 7) is 4.53. The predicted octanol–water partition coefficient (Wildman–Crippen LogP) is 4.39. The summed E-state index contributed by atoms with van der Waals surface area (Å²) in [5.41, 5.74) is 4.17. The molecular weight excluding hydrogens is 242 g/mol. The molecule has 106 valence electrons. The second kappa shape index (κ2) is 7.25. The largest absolute Gasteiger partial charge is 0.313 e. The summed E-state index contributed by atoms with van der Waals surface area (Å²) in [7, 11) is 2.04. The molecule has 2 aromatic carbocycles. The average Bonchev–Trinajstić information content (AvgIpc) is 2.46. The summed E-state index contributed by atoms with van der Waals surface area (Å²) in [5, 5.41) is 3.43. The summed E-state index contributed by atoms with van der Waals surface area (Å²) in [4.78, 5) is 0. The second-order valence-corrected chi connectivity index (χ2v) is 5.87. The number of nitrogens with one attached hydrogen (secondary N) is 1.